The first-order valence-electron chi connectivity index (χ1n) is 1.24. The predicted octanol–water partition coefficient (Wildman–Crippen LogP) is 2.77. The van der Waals surface area contributed by atoms with Gasteiger partial charge in [0.2, 0.25) is 0 Å². The fourth-order valence-electron chi connectivity index (χ4n) is 0. The minimum atomic E-state index is -0.500. The molecule has 0 heterocycles. The topological polar surface area (TPSA) is 68.5 Å². The molecule has 56 valence electrons. The van der Waals surface area contributed by atoms with E-state index in [1.54, 1.807) is 0 Å². The van der Waals surface area contributed by atoms with Crippen molar-refractivity contribution >= 4 is 17.1 Å². The summed E-state index contributed by atoms with van der Waals surface area (Å²) in [6.45, 7) is 0. The number of hydrogen-bond acceptors (Lipinski definition) is 1. The molecular formula is C4H21BN2P-. The van der Waals surface area contributed by atoms with Crippen LogP contribution in [0.1, 0.15) is 23.7 Å². The molecule has 0 fully saturated rings. The molecule has 0 aromatic rings. The third-order valence-corrected chi connectivity index (χ3v) is 0. The smallest absolute Gasteiger partial charge is 0.0709 e. The molecule has 2 radical (unpaired) electrons. The van der Waals surface area contributed by atoms with Crippen molar-refractivity contribution in [3.8, 4) is 0 Å². The van der Waals surface area contributed by atoms with Gasteiger partial charge in [0, 0.05) is 1.37 Å². The van der Waals surface area contributed by atoms with Crippen molar-refractivity contribution < 1.29 is 1.37 Å². The maximum Gasteiger partial charge on any atom is 0.0709 e. The van der Waals surface area contributed by atoms with Crippen molar-refractivity contribution in [1.29, 1.82) is 0 Å². The van der Waals surface area contributed by atoms with Crippen LogP contribution in [0.15, 0.2) is 0 Å². The zero-order chi connectivity index (χ0) is 3.58. The molecule has 0 aliphatic carbocycles. The monoisotopic (exact) mass is 140 g/mol. The van der Waals surface area contributed by atoms with Crippen LogP contribution in [0.5, 0.6) is 0 Å². The highest BCUT2D eigenvalue weighted by atomic mass is 31.0. The Kier molecular flexibility index (Phi) is 756. The predicted molar refractivity (Wildman–Crippen MR) is 50.8 cm³/mol. The lowest BCUT2D eigenvalue weighted by Crippen LogP contribution is -1.51. The quantitative estimate of drug-likeness (QED) is 0.407. The number of rotatable bonds is 0. The largest absolute Gasteiger partial charge is 0.693 e. The molecule has 0 spiro atoms. The van der Waals surface area contributed by atoms with Crippen molar-refractivity contribution in [3.05, 3.63) is 6.15 Å². The maximum absolute atomic E-state index is 6.32. The zero-order valence-corrected chi connectivity index (χ0v) is 4.17. The molecule has 0 saturated heterocycles. The summed E-state index contributed by atoms with van der Waals surface area (Å²) in [5, 5.41) is 0. The van der Waals surface area contributed by atoms with Crippen LogP contribution in [-0.2, 0) is 0 Å². The van der Waals surface area contributed by atoms with Gasteiger partial charge in [-0.05, 0) is 0 Å². The Bertz CT molecular complexity index is 23.3. The van der Waals surface area contributed by atoms with Crippen LogP contribution >= 0.6 is 9.24 Å². The second-order valence-corrected chi connectivity index (χ2v) is 0.577. The Morgan fingerprint density at radius 1 is 1.38 bits per heavy atom. The molecule has 0 saturated carbocycles. The van der Waals surface area contributed by atoms with E-state index in [4.69, 9.17) is 9.22 Å². The molecule has 0 aromatic heterocycles. The van der Waals surface area contributed by atoms with Crippen molar-refractivity contribution in [2.45, 2.75) is 22.3 Å². The van der Waals surface area contributed by atoms with Crippen LogP contribution < -0.4 is 6.15 Å². The van der Waals surface area contributed by atoms with Crippen molar-refractivity contribution in [2.75, 3.05) is 6.04 Å². The molecule has 5 N–H and O–H groups in total. The highest BCUT2D eigenvalue weighted by molar-refractivity contribution is 7.19. The number of hydrogen-bond donors (Lipinski definition) is 1. The second-order valence-electron chi connectivity index (χ2n) is 0.192. The van der Waals surface area contributed by atoms with E-state index in [0.29, 0.717) is 0 Å². The molecule has 0 aliphatic rings. The normalized spacial score (nSPS) is 7.88. The first-order valence-corrected chi connectivity index (χ1v) is 1.33. The van der Waals surface area contributed by atoms with Gasteiger partial charge in [0.25, 0.3) is 0 Å². The van der Waals surface area contributed by atoms with E-state index in [1.807, 2.05) is 0 Å². The molecule has 0 amide bonds. The summed E-state index contributed by atoms with van der Waals surface area (Å²) >= 11 is 0. The highest BCUT2D eigenvalue weighted by Gasteiger charge is 1.36. The van der Waals surface area contributed by atoms with Gasteiger partial charge in [0.15, 0.2) is 0 Å². The molecular weight excluding hydrogens is 118 g/mol. The maximum atomic E-state index is 6.32. The molecule has 0 rings (SSSR count). The number of nitrogens with two attached hydrogens (primary N) is 1. The van der Waals surface area contributed by atoms with Gasteiger partial charge in [-0.1, -0.05) is 28.3 Å². The summed E-state index contributed by atoms with van der Waals surface area (Å²) in [7, 11) is 6.84. The lowest BCUT2D eigenvalue weighted by molar-refractivity contribution is 2.13. The Hall–Kier alpha value is 0.415. The van der Waals surface area contributed by atoms with E-state index in [0.717, 1.165) is 0 Å². The van der Waals surface area contributed by atoms with E-state index >= 15 is 0 Å². The van der Waals surface area contributed by atoms with Gasteiger partial charge >= 0.3 is 0 Å². The van der Waals surface area contributed by atoms with Crippen LogP contribution in [0.3, 0.4) is 0 Å². The van der Waals surface area contributed by atoms with Crippen LogP contribution in [0.2, 0.25) is 0 Å². The second kappa shape index (κ2) is 152. The Balaban J connectivity index is -0.00000000450. The first kappa shape index (κ1) is 39.7. The van der Waals surface area contributed by atoms with Crippen LogP contribution in [0, 0.1) is 0 Å². The summed E-state index contributed by atoms with van der Waals surface area (Å²) < 4.78 is 6.32. The summed E-state index contributed by atoms with van der Waals surface area (Å²) in [5.41, 5.74) is 0. The summed E-state index contributed by atoms with van der Waals surface area (Å²) in [4.78, 5) is 0. The Morgan fingerprint density at radius 2 is 1.38 bits per heavy atom. The standard InChI is InChI=1S/CH4BP.3CH4.H3N.H2N/c2-1-3;;;;;/h1,3H2;3*1H4;1H3;1H2/q;;;;;-1/i1D;;;;;. The van der Waals surface area contributed by atoms with Crippen LogP contribution in [0.25, 0.3) is 6.15 Å². The van der Waals surface area contributed by atoms with E-state index in [9.17, 15) is 0 Å². The highest BCUT2D eigenvalue weighted by Crippen LogP contribution is 1.62. The van der Waals surface area contributed by atoms with Crippen molar-refractivity contribution in [3.63, 3.8) is 0 Å². The van der Waals surface area contributed by atoms with E-state index in [1.165, 1.54) is 0 Å². The first-order chi connectivity index (χ1) is 1.73. The minimum Gasteiger partial charge on any atom is -0.693 e. The van der Waals surface area contributed by atoms with Gasteiger partial charge in [0.1, 0.15) is 0 Å². The average molecular weight is 140 g/mol. The molecule has 2 nitrogen and oxygen atoms in total. The van der Waals surface area contributed by atoms with Gasteiger partial charge in [-0.25, -0.2) is 0 Å². The van der Waals surface area contributed by atoms with Gasteiger partial charge in [-0.2, -0.15) is 0 Å². The summed E-state index contributed by atoms with van der Waals surface area (Å²) in [6, 6.07) is -0.500. The van der Waals surface area contributed by atoms with Crippen LogP contribution in [-0.4, -0.2) is 13.9 Å². The van der Waals surface area contributed by atoms with Crippen LogP contribution in [0.4, 0.5) is 0 Å². The van der Waals surface area contributed by atoms with Crippen molar-refractivity contribution in [1.82, 2.24) is 6.15 Å². The third kappa shape index (κ3) is 1090. The lowest BCUT2D eigenvalue weighted by Gasteiger charge is -1.47. The lowest BCUT2D eigenvalue weighted by atomic mass is 10.2. The molecule has 0 aromatic carbocycles. The molecule has 0 bridgehead atoms. The van der Waals surface area contributed by atoms with Crippen molar-refractivity contribution in [2.24, 2.45) is 0 Å². The van der Waals surface area contributed by atoms with E-state index in [2.05, 4.69) is 9.24 Å². The minimum absolute atomic E-state index is 0. The summed E-state index contributed by atoms with van der Waals surface area (Å²) in [6.07, 6.45) is 0. The van der Waals surface area contributed by atoms with Gasteiger partial charge < -0.3 is 12.3 Å². The van der Waals surface area contributed by atoms with Gasteiger partial charge in [-0.15, -0.1) is 9.24 Å². The molecule has 8 heavy (non-hydrogen) atoms. The molecule has 2 unspecified atom stereocenters. The summed E-state index contributed by atoms with van der Waals surface area (Å²) in [5.74, 6) is 0. The average Bonchev–Trinajstić information content (AvgIpc) is 0.811. The van der Waals surface area contributed by atoms with E-state index in [-0.39, 0.29) is 34.6 Å². The fraction of sp³-hybridized carbons (Fsp3) is 1.00. The van der Waals surface area contributed by atoms with Gasteiger partial charge in [-0.3, -0.25) is 0 Å². The molecule has 0 aliphatic heterocycles. The Morgan fingerprint density at radius 3 is 1.38 bits per heavy atom. The third-order valence-electron chi connectivity index (χ3n) is 0. The Labute approximate surface area is 60.0 Å². The molecule has 2 atom stereocenters. The fourth-order valence-corrected chi connectivity index (χ4v) is 0. The zero-order valence-electron chi connectivity index (χ0n) is 4.02. The van der Waals surface area contributed by atoms with E-state index < -0.39 is 6.04 Å². The van der Waals surface area contributed by atoms with Gasteiger partial charge in [0.05, 0.1) is 7.85 Å². The molecule has 4 heteroatoms. The SMILES string of the molecule is C.C.C.N.[2H]C([B])P.[NH2-].